The third-order valence-electron chi connectivity index (χ3n) is 2.97. The zero-order valence-corrected chi connectivity index (χ0v) is 10.9. The second-order valence-corrected chi connectivity index (χ2v) is 5.24. The molecule has 0 unspecified atom stereocenters. The summed E-state index contributed by atoms with van der Waals surface area (Å²) in [6.45, 7) is 5.48. The Bertz CT molecular complexity index is 769. The van der Waals surface area contributed by atoms with Crippen LogP contribution < -0.4 is 0 Å². The average Bonchev–Trinajstić information content (AvgIpc) is 2.73. The SMILES string of the molecule is C=NC=Nc1cc2c(cc1C)sc1ccccc12. The van der Waals surface area contributed by atoms with Gasteiger partial charge in [-0.3, -0.25) is 4.99 Å². The van der Waals surface area contributed by atoms with Crippen molar-refractivity contribution in [3.63, 3.8) is 0 Å². The quantitative estimate of drug-likeness (QED) is 0.465. The molecule has 0 bridgehead atoms. The summed E-state index contributed by atoms with van der Waals surface area (Å²) in [4.78, 5) is 7.97. The summed E-state index contributed by atoms with van der Waals surface area (Å²) in [6.07, 6.45) is 1.49. The predicted octanol–water partition coefficient (Wildman–Crippen LogP) is 4.72. The molecule has 18 heavy (non-hydrogen) atoms. The molecule has 0 spiro atoms. The van der Waals surface area contributed by atoms with Gasteiger partial charge >= 0.3 is 0 Å². The summed E-state index contributed by atoms with van der Waals surface area (Å²) < 4.78 is 2.62. The molecule has 1 heterocycles. The standard InChI is InChI=1S/C15H12N2S/c1-10-7-15-12(8-13(10)17-9-16-2)11-5-3-4-6-14(11)18-15/h3-9H,2H2,1H3. The van der Waals surface area contributed by atoms with Crippen LogP contribution in [0.25, 0.3) is 20.2 Å². The van der Waals surface area contributed by atoms with Gasteiger partial charge in [-0.2, -0.15) is 0 Å². The molecule has 3 aromatic rings. The van der Waals surface area contributed by atoms with Crippen LogP contribution in [0.15, 0.2) is 46.4 Å². The summed E-state index contributed by atoms with van der Waals surface area (Å²) >= 11 is 1.82. The zero-order valence-electron chi connectivity index (χ0n) is 10.1. The molecule has 2 nitrogen and oxygen atoms in total. The van der Waals surface area contributed by atoms with Crippen LogP contribution in [-0.4, -0.2) is 13.1 Å². The Kier molecular flexibility index (Phi) is 2.68. The summed E-state index contributed by atoms with van der Waals surface area (Å²) in [5.41, 5.74) is 2.12. The van der Waals surface area contributed by atoms with E-state index in [1.807, 2.05) is 11.3 Å². The van der Waals surface area contributed by atoms with Crippen molar-refractivity contribution in [1.82, 2.24) is 0 Å². The minimum Gasteiger partial charge on any atom is -0.253 e. The molecule has 0 N–H and O–H groups in total. The minimum absolute atomic E-state index is 0.957. The lowest BCUT2D eigenvalue weighted by Crippen LogP contribution is -1.75. The Labute approximate surface area is 109 Å². The molecule has 0 radical (unpaired) electrons. The molecule has 0 amide bonds. The van der Waals surface area contributed by atoms with E-state index in [2.05, 4.69) is 60.0 Å². The topological polar surface area (TPSA) is 24.7 Å². The van der Waals surface area contributed by atoms with Crippen molar-refractivity contribution < 1.29 is 0 Å². The lowest BCUT2D eigenvalue weighted by molar-refractivity contribution is 1.43. The zero-order chi connectivity index (χ0) is 12.5. The molecule has 0 atom stereocenters. The first-order valence-corrected chi connectivity index (χ1v) is 6.51. The third-order valence-corrected chi connectivity index (χ3v) is 4.11. The van der Waals surface area contributed by atoms with Crippen molar-refractivity contribution in [3.05, 3.63) is 42.0 Å². The highest BCUT2D eigenvalue weighted by Gasteiger charge is 2.07. The lowest BCUT2D eigenvalue weighted by Gasteiger charge is -2.00. The van der Waals surface area contributed by atoms with Crippen molar-refractivity contribution >= 4 is 50.3 Å². The number of nitrogens with zero attached hydrogens (tertiary/aromatic N) is 2. The van der Waals surface area contributed by atoms with E-state index in [4.69, 9.17) is 0 Å². The van der Waals surface area contributed by atoms with Crippen molar-refractivity contribution in [2.45, 2.75) is 6.92 Å². The number of fused-ring (bicyclic) bond motifs is 3. The van der Waals surface area contributed by atoms with Crippen LogP contribution in [0.2, 0.25) is 0 Å². The molecule has 0 aliphatic carbocycles. The highest BCUT2D eigenvalue weighted by Crippen LogP contribution is 2.37. The predicted molar refractivity (Wildman–Crippen MR) is 81.8 cm³/mol. The van der Waals surface area contributed by atoms with E-state index in [-0.39, 0.29) is 0 Å². The maximum Gasteiger partial charge on any atom is 0.115 e. The number of benzene rings is 2. The number of thiophene rings is 1. The van der Waals surface area contributed by atoms with Gasteiger partial charge in [0.15, 0.2) is 0 Å². The van der Waals surface area contributed by atoms with E-state index < -0.39 is 0 Å². The first kappa shape index (κ1) is 11.1. The minimum atomic E-state index is 0.957. The number of rotatable bonds is 2. The van der Waals surface area contributed by atoms with Crippen molar-refractivity contribution in [1.29, 1.82) is 0 Å². The normalized spacial score (nSPS) is 11.6. The van der Waals surface area contributed by atoms with Crippen LogP contribution in [0, 0.1) is 6.92 Å². The molecule has 0 saturated carbocycles. The van der Waals surface area contributed by atoms with Crippen LogP contribution >= 0.6 is 11.3 Å². The summed E-state index contributed by atoms with van der Waals surface area (Å²) in [6, 6.07) is 12.8. The lowest BCUT2D eigenvalue weighted by atomic mass is 10.1. The van der Waals surface area contributed by atoms with Crippen molar-refractivity contribution in [2.75, 3.05) is 0 Å². The maximum atomic E-state index is 4.31. The molecule has 2 aromatic carbocycles. The number of aliphatic imine (C=N–C) groups is 2. The smallest absolute Gasteiger partial charge is 0.115 e. The summed E-state index contributed by atoms with van der Waals surface area (Å²) in [5, 5.41) is 2.55. The molecular formula is C15H12N2S. The molecule has 0 saturated heterocycles. The van der Waals surface area contributed by atoms with Gasteiger partial charge in [0.1, 0.15) is 6.34 Å². The fraction of sp³-hybridized carbons (Fsp3) is 0.0667. The van der Waals surface area contributed by atoms with E-state index in [9.17, 15) is 0 Å². The summed E-state index contributed by atoms with van der Waals surface area (Å²) in [7, 11) is 0. The van der Waals surface area contributed by atoms with Gasteiger partial charge in [-0.05, 0) is 37.4 Å². The van der Waals surface area contributed by atoms with Crippen LogP contribution in [0.5, 0.6) is 0 Å². The van der Waals surface area contributed by atoms with Gasteiger partial charge in [-0.25, -0.2) is 4.99 Å². The first-order chi connectivity index (χ1) is 8.79. The number of hydrogen-bond donors (Lipinski definition) is 0. The van der Waals surface area contributed by atoms with Gasteiger partial charge in [0, 0.05) is 20.2 Å². The van der Waals surface area contributed by atoms with Gasteiger partial charge in [-0.15, -0.1) is 11.3 Å². The highest BCUT2D eigenvalue weighted by atomic mass is 32.1. The van der Waals surface area contributed by atoms with E-state index in [0.29, 0.717) is 0 Å². The monoisotopic (exact) mass is 252 g/mol. The number of hydrogen-bond acceptors (Lipinski definition) is 2. The second-order valence-electron chi connectivity index (χ2n) is 4.16. The van der Waals surface area contributed by atoms with Crippen molar-refractivity contribution in [3.8, 4) is 0 Å². The molecule has 88 valence electrons. The second kappa shape index (κ2) is 4.35. The van der Waals surface area contributed by atoms with E-state index in [1.54, 1.807) is 0 Å². The molecule has 3 heteroatoms. The molecule has 3 rings (SSSR count). The Morgan fingerprint density at radius 3 is 2.78 bits per heavy atom. The highest BCUT2D eigenvalue weighted by molar-refractivity contribution is 7.25. The Morgan fingerprint density at radius 2 is 1.94 bits per heavy atom. The van der Waals surface area contributed by atoms with Crippen LogP contribution in [-0.2, 0) is 0 Å². The van der Waals surface area contributed by atoms with Gasteiger partial charge in [0.05, 0.1) is 5.69 Å². The Morgan fingerprint density at radius 1 is 1.11 bits per heavy atom. The third kappa shape index (κ3) is 1.73. The van der Waals surface area contributed by atoms with Crippen LogP contribution in [0.1, 0.15) is 5.56 Å². The average molecular weight is 252 g/mol. The Balaban J connectivity index is 2.35. The fourth-order valence-electron chi connectivity index (χ4n) is 2.10. The van der Waals surface area contributed by atoms with Crippen LogP contribution in [0.3, 0.4) is 0 Å². The van der Waals surface area contributed by atoms with E-state index in [0.717, 1.165) is 11.3 Å². The maximum absolute atomic E-state index is 4.31. The van der Waals surface area contributed by atoms with E-state index in [1.165, 1.54) is 26.5 Å². The van der Waals surface area contributed by atoms with Gasteiger partial charge in [0.2, 0.25) is 0 Å². The summed E-state index contributed by atoms with van der Waals surface area (Å²) in [5.74, 6) is 0. The number of aryl methyl sites for hydroxylation is 1. The fourth-order valence-corrected chi connectivity index (χ4v) is 3.29. The van der Waals surface area contributed by atoms with Crippen LogP contribution in [0.4, 0.5) is 5.69 Å². The largest absolute Gasteiger partial charge is 0.253 e. The van der Waals surface area contributed by atoms with Gasteiger partial charge in [0.25, 0.3) is 0 Å². The first-order valence-electron chi connectivity index (χ1n) is 5.70. The molecule has 0 aliphatic heterocycles. The van der Waals surface area contributed by atoms with Crippen molar-refractivity contribution in [2.24, 2.45) is 9.98 Å². The molecule has 1 aromatic heterocycles. The van der Waals surface area contributed by atoms with Gasteiger partial charge < -0.3 is 0 Å². The molecule has 0 fully saturated rings. The Hall–Kier alpha value is -2.00. The molecule has 0 aliphatic rings. The van der Waals surface area contributed by atoms with E-state index >= 15 is 0 Å². The molecular weight excluding hydrogens is 240 g/mol. The van der Waals surface area contributed by atoms with Gasteiger partial charge in [-0.1, -0.05) is 18.2 Å².